The molecule has 0 fully saturated rings. The first kappa shape index (κ1) is 19.3. The van der Waals surface area contributed by atoms with Crippen molar-refractivity contribution in [2.45, 2.75) is 6.92 Å². The molecule has 0 saturated heterocycles. The second-order valence-corrected chi connectivity index (χ2v) is 5.98. The number of hydrogen-bond acceptors (Lipinski definition) is 7. The Bertz CT molecular complexity index is 1030. The SMILES string of the molecule is COc1ccc(C(=O)COC(=O)c2oc3ccc(OC)cc3c2C)c(OC)c1. The number of hydrogen-bond donors (Lipinski definition) is 0. The van der Waals surface area contributed by atoms with Crippen LogP contribution in [0.5, 0.6) is 17.2 Å². The van der Waals surface area contributed by atoms with Gasteiger partial charge in [0.05, 0.1) is 26.9 Å². The molecule has 0 unspecified atom stereocenters. The molecule has 0 aliphatic carbocycles. The molecule has 0 bridgehead atoms. The van der Waals surface area contributed by atoms with Gasteiger partial charge in [0.15, 0.2) is 6.61 Å². The van der Waals surface area contributed by atoms with Gasteiger partial charge in [-0.2, -0.15) is 0 Å². The van der Waals surface area contributed by atoms with Gasteiger partial charge in [-0.05, 0) is 37.3 Å². The van der Waals surface area contributed by atoms with Crippen molar-refractivity contribution in [3.05, 3.63) is 53.3 Å². The molecule has 2 aromatic carbocycles. The number of benzene rings is 2. The van der Waals surface area contributed by atoms with E-state index in [1.165, 1.54) is 14.2 Å². The Hall–Kier alpha value is -3.48. The Morgan fingerprint density at radius 1 is 0.929 bits per heavy atom. The lowest BCUT2D eigenvalue weighted by atomic mass is 10.1. The second kappa shape index (κ2) is 8.04. The maximum Gasteiger partial charge on any atom is 0.375 e. The van der Waals surface area contributed by atoms with Crippen molar-refractivity contribution >= 4 is 22.7 Å². The number of esters is 1. The van der Waals surface area contributed by atoms with Crippen LogP contribution in [0.3, 0.4) is 0 Å². The number of ketones is 1. The van der Waals surface area contributed by atoms with Crippen LogP contribution in [0, 0.1) is 6.92 Å². The highest BCUT2D eigenvalue weighted by Gasteiger charge is 2.22. The zero-order valence-electron chi connectivity index (χ0n) is 16.0. The second-order valence-electron chi connectivity index (χ2n) is 5.98. The van der Waals surface area contributed by atoms with Crippen LogP contribution in [0.25, 0.3) is 11.0 Å². The van der Waals surface area contributed by atoms with Crippen molar-refractivity contribution < 1.29 is 33.0 Å². The first-order valence-corrected chi connectivity index (χ1v) is 8.48. The zero-order chi connectivity index (χ0) is 20.3. The van der Waals surface area contributed by atoms with E-state index in [0.29, 0.717) is 34.0 Å². The summed E-state index contributed by atoms with van der Waals surface area (Å²) >= 11 is 0. The van der Waals surface area contributed by atoms with E-state index in [4.69, 9.17) is 23.4 Å². The summed E-state index contributed by atoms with van der Waals surface area (Å²) < 4.78 is 26.3. The molecule has 0 radical (unpaired) electrons. The molecule has 0 atom stereocenters. The minimum Gasteiger partial charge on any atom is -0.497 e. The first-order chi connectivity index (χ1) is 13.5. The first-order valence-electron chi connectivity index (χ1n) is 8.48. The Balaban J connectivity index is 1.76. The van der Waals surface area contributed by atoms with E-state index in [2.05, 4.69) is 0 Å². The molecule has 3 rings (SSSR count). The zero-order valence-corrected chi connectivity index (χ0v) is 16.0. The normalized spacial score (nSPS) is 10.6. The van der Waals surface area contributed by atoms with Gasteiger partial charge < -0.3 is 23.4 Å². The van der Waals surface area contributed by atoms with Gasteiger partial charge in [0.25, 0.3) is 0 Å². The van der Waals surface area contributed by atoms with Crippen molar-refractivity contribution in [3.63, 3.8) is 0 Å². The number of methoxy groups -OCH3 is 3. The molecule has 1 aromatic heterocycles. The maximum absolute atomic E-state index is 12.5. The smallest absolute Gasteiger partial charge is 0.375 e. The van der Waals surface area contributed by atoms with E-state index < -0.39 is 18.4 Å². The molecule has 146 valence electrons. The minimum absolute atomic E-state index is 0.0535. The summed E-state index contributed by atoms with van der Waals surface area (Å²) in [7, 11) is 4.53. The third-order valence-electron chi connectivity index (χ3n) is 4.37. The summed E-state index contributed by atoms with van der Waals surface area (Å²) in [6.07, 6.45) is 0. The van der Waals surface area contributed by atoms with Gasteiger partial charge in [-0.1, -0.05) is 0 Å². The van der Waals surface area contributed by atoms with E-state index in [1.807, 2.05) is 0 Å². The van der Waals surface area contributed by atoms with Crippen LogP contribution in [0.15, 0.2) is 40.8 Å². The van der Waals surface area contributed by atoms with Crippen LogP contribution in [0.1, 0.15) is 26.5 Å². The summed E-state index contributed by atoms with van der Waals surface area (Å²) in [5, 5.41) is 0.745. The predicted molar refractivity (Wildman–Crippen MR) is 102 cm³/mol. The highest BCUT2D eigenvalue weighted by molar-refractivity contribution is 6.02. The van der Waals surface area contributed by atoms with Crippen molar-refractivity contribution in [2.24, 2.45) is 0 Å². The van der Waals surface area contributed by atoms with Gasteiger partial charge >= 0.3 is 5.97 Å². The van der Waals surface area contributed by atoms with Crippen LogP contribution in [0.2, 0.25) is 0 Å². The molecule has 0 saturated carbocycles. The number of Topliss-reactive ketones (excluding diaryl/α,β-unsaturated/α-hetero) is 1. The largest absolute Gasteiger partial charge is 0.497 e. The predicted octanol–water partition coefficient (Wildman–Crippen LogP) is 3.81. The lowest BCUT2D eigenvalue weighted by Gasteiger charge is -2.09. The number of furan rings is 1. The molecule has 7 nitrogen and oxygen atoms in total. The lowest BCUT2D eigenvalue weighted by molar-refractivity contribution is 0.0444. The third-order valence-corrected chi connectivity index (χ3v) is 4.37. The van der Waals surface area contributed by atoms with Crippen LogP contribution < -0.4 is 14.2 Å². The molecular formula is C21H20O7. The Kier molecular flexibility index (Phi) is 5.54. The van der Waals surface area contributed by atoms with Crippen LogP contribution in [0.4, 0.5) is 0 Å². The fourth-order valence-electron chi connectivity index (χ4n) is 2.82. The molecular weight excluding hydrogens is 364 g/mol. The number of ether oxygens (including phenoxy) is 4. The number of aryl methyl sites for hydroxylation is 1. The minimum atomic E-state index is -0.714. The fourth-order valence-corrected chi connectivity index (χ4v) is 2.82. The molecule has 1 heterocycles. The van der Waals surface area contributed by atoms with E-state index in [0.717, 1.165) is 5.39 Å². The number of carbonyl (C=O) groups excluding carboxylic acids is 2. The Morgan fingerprint density at radius 2 is 1.61 bits per heavy atom. The van der Waals surface area contributed by atoms with E-state index in [9.17, 15) is 9.59 Å². The summed E-state index contributed by atoms with van der Waals surface area (Å²) in [6.45, 7) is 1.30. The van der Waals surface area contributed by atoms with Crippen LogP contribution in [-0.4, -0.2) is 39.7 Å². The average molecular weight is 384 g/mol. The Morgan fingerprint density at radius 3 is 2.29 bits per heavy atom. The van der Waals surface area contributed by atoms with Gasteiger partial charge in [-0.25, -0.2) is 4.79 Å². The van der Waals surface area contributed by atoms with Gasteiger partial charge in [0.2, 0.25) is 11.5 Å². The number of carbonyl (C=O) groups is 2. The van der Waals surface area contributed by atoms with Crippen molar-refractivity contribution in [1.82, 2.24) is 0 Å². The van der Waals surface area contributed by atoms with Gasteiger partial charge in [0.1, 0.15) is 22.8 Å². The number of rotatable bonds is 7. The van der Waals surface area contributed by atoms with Crippen LogP contribution >= 0.6 is 0 Å². The highest BCUT2D eigenvalue weighted by atomic mass is 16.5. The van der Waals surface area contributed by atoms with Crippen molar-refractivity contribution in [2.75, 3.05) is 27.9 Å². The molecule has 0 amide bonds. The van der Waals surface area contributed by atoms with E-state index in [1.54, 1.807) is 50.4 Å². The molecule has 0 N–H and O–H groups in total. The summed E-state index contributed by atoms with van der Waals surface area (Å²) in [4.78, 5) is 24.9. The highest BCUT2D eigenvalue weighted by Crippen LogP contribution is 2.29. The monoisotopic (exact) mass is 384 g/mol. The molecule has 0 aliphatic rings. The fraction of sp³-hybridized carbons (Fsp3) is 0.238. The number of fused-ring (bicyclic) bond motifs is 1. The van der Waals surface area contributed by atoms with Gasteiger partial charge in [-0.15, -0.1) is 0 Å². The molecule has 28 heavy (non-hydrogen) atoms. The third kappa shape index (κ3) is 3.64. The van der Waals surface area contributed by atoms with Crippen molar-refractivity contribution in [1.29, 1.82) is 0 Å². The van der Waals surface area contributed by atoms with Crippen LogP contribution in [-0.2, 0) is 4.74 Å². The van der Waals surface area contributed by atoms with Gasteiger partial charge in [0, 0.05) is 17.0 Å². The van der Waals surface area contributed by atoms with Crippen molar-refractivity contribution in [3.8, 4) is 17.2 Å². The van der Waals surface area contributed by atoms with Gasteiger partial charge in [-0.3, -0.25) is 4.79 Å². The average Bonchev–Trinajstić information content (AvgIpc) is 3.07. The Labute approximate surface area is 161 Å². The standard InChI is InChI=1S/C21H20O7/c1-12-16-9-13(24-2)6-8-18(16)28-20(12)21(23)27-11-17(22)15-7-5-14(25-3)10-19(15)26-4/h5-10H,11H2,1-4H3. The summed E-state index contributed by atoms with van der Waals surface area (Å²) in [5.41, 5.74) is 1.45. The quantitative estimate of drug-likeness (QED) is 0.452. The molecule has 7 heteroatoms. The van der Waals surface area contributed by atoms with E-state index >= 15 is 0 Å². The van der Waals surface area contributed by atoms with E-state index in [-0.39, 0.29) is 5.76 Å². The summed E-state index contributed by atoms with van der Waals surface area (Å²) in [5.74, 6) is 0.485. The topological polar surface area (TPSA) is 84.2 Å². The summed E-state index contributed by atoms with van der Waals surface area (Å²) in [6, 6.07) is 10.0. The lowest BCUT2D eigenvalue weighted by Crippen LogP contribution is -2.15. The molecule has 0 spiro atoms. The molecule has 0 aliphatic heterocycles. The maximum atomic E-state index is 12.5. The molecule has 3 aromatic rings.